The minimum Gasteiger partial charge on any atom is -0.370 e. The quantitative estimate of drug-likeness (QED) is 0.722. The number of hydrogen-bond acceptors (Lipinski definition) is 4. The normalized spacial score (nSPS) is 16.0. The van der Waals surface area contributed by atoms with Crippen molar-refractivity contribution in [3.63, 3.8) is 0 Å². The highest BCUT2D eigenvalue weighted by molar-refractivity contribution is 5.80. The number of aryl methyl sites for hydroxylation is 1. The number of rotatable bonds is 2. The van der Waals surface area contributed by atoms with Gasteiger partial charge in [0.15, 0.2) is 0 Å². The van der Waals surface area contributed by atoms with Crippen LogP contribution in [0.5, 0.6) is 0 Å². The average molecular weight is 335 g/mol. The first kappa shape index (κ1) is 16.0. The third kappa shape index (κ3) is 2.85. The molecule has 5 heteroatoms. The van der Waals surface area contributed by atoms with Crippen LogP contribution in [0.25, 0.3) is 11.0 Å². The van der Waals surface area contributed by atoms with Crippen LogP contribution < -0.4 is 5.56 Å². The molecule has 1 aliphatic rings. The lowest BCUT2D eigenvalue weighted by Gasteiger charge is -2.33. The Labute approximate surface area is 146 Å². The molecule has 0 unspecified atom stereocenters. The van der Waals surface area contributed by atoms with Gasteiger partial charge >= 0.3 is 0 Å². The summed E-state index contributed by atoms with van der Waals surface area (Å²) in [6, 6.07) is 10.1. The molecule has 25 heavy (non-hydrogen) atoms. The molecular formula is C20H21N3O2. The summed E-state index contributed by atoms with van der Waals surface area (Å²) in [5.74, 6) is 0. The third-order valence-electron chi connectivity index (χ3n) is 4.81. The molecular weight excluding hydrogens is 314 g/mol. The van der Waals surface area contributed by atoms with Crippen molar-refractivity contribution in [1.82, 2.24) is 14.5 Å². The van der Waals surface area contributed by atoms with Crippen molar-refractivity contribution in [1.29, 1.82) is 0 Å². The van der Waals surface area contributed by atoms with Crippen LogP contribution in [0, 0.1) is 6.92 Å². The highest BCUT2D eigenvalue weighted by atomic mass is 16.5. The Kier molecular flexibility index (Phi) is 3.69. The Balaban J connectivity index is 1.95. The number of benzene rings is 1. The summed E-state index contributed by atoms with van der Waals surface area (Å²) in [5.41, 5.74) is 4.35. The summed E-state index contributed by atoms with van der Waals surface area (Å²) in [5, 5.41) is 0.635. The van der Waals surface area contributed by atoms with Crippen molar-refractivity contribution >= 4 is 11.0 Å². The van der Waals surface area contributed by atoms with E-state index in [-0.39, 0.29) is 11.2 Å². The molecule has 2 aromatic heterocycles. The molecule has 5 nitrogen and oxygen atoms in total. The van der Waals surface area contributed by atoms with E-state index in [0.717, 1.165) is 22.4 Å². The van der Waals surface area contributed by atoms with Gasteiger partial charge in [-0.15, -0.1) is 0 Å². The van der Waals surface area contributed by atoms with Gasteiger partial charge in [-0.3, -0.25) is 4.79 Å². The fourth-order valence-electron chi connectivity index (χ4n) is 3.49. The molecule has 3 heterocycles. The summed E-state index contributed by atoms with van der Waals surface area (Å²) in [6.07, 6.45) is 2.29. The summed E-state index contributed by atoms with van der Waals surface area (Å²) < 4.78 is 7.88. The SMILES string of the molecule is Cc1nc2c(c3c1COC(C)(C)C3)c(=O)ncn2Cc1ccccc1. The van der Waals surface area contributed by atoms with Gasteiger partial charge in [0.1, 0.15) is 12.0 Å². The van der Waals surface area contributed by atoms with Crippen LogP contribution in [0.15, 0.2) is 41.5 Å². The van der Waals surface area contributed by atoms with Crippen LogP contribution in [0.4, 0.5) is 0 Å². The monoisotopic (exact) mass is 335 g/mol. The van der Waals surface area contributed by atoms with Crippen LogP contribution in [0.3, 0.4) is 0 Å². The Bertz CT molecular complexity index is 1010. The van der Waals surface area contributed by atoms with E-state index in [4.69, 9.17) is 9.72 Å². The molecule has 0 bridgehead atoms. The lowest BCUT2D eigenvalue weighted by atomic mass is 9.89. The maximum absolute atomic E-state index is 12.6. The second-order valence-electron chi connectivity index (χ2n) is 7.24. The zero-order valence-electron chi connectivity index (χ0n) is 14.7. The molecule has 1 aromatic carbocycles. The molecule has 1 aliphatic heterocycles. The zero-order valence-corrected chi connectivity index (χ0v) is 14.7. The van der Waals surface area contributed by atoms with Crippen molar-refractivity contribution in [3.05, 3.63) is 69.4 Å². The van der Waals surface area contributed by atoms with E-state index < -0.39 is 0 Å². The van der Waals surface area contributed by atoms with Crippen LogP contribution >= 0.6 is 0 Å². The zero-order chi connectivity index (χ0) is 17.6. The summed E-state index contributed by atoms with van der Waals surface area (Å²) in [6.45, 7) is 7.21. The molecule has 0 fully saturated rings. The van der Waals surface area contributed by atoms with E-state index in [1.54, 1.807) is 6.33 Å². The van der Waals surface area contributed by atoms with Gasteiger partial charge in [0.25, 0.3) is 5.56 Å². The van der Waals surface area contributed by atoms with Gasteiger partial charge in [0, 0.05) is 17.7 Å². The standard InChI is InChI=1S/C20H21N3O2/c1-13-16-11-25-20(2,3)9-15(16)17-18(22-13)23(12-21-19(17)24)10-14-7-5-4-6-8-14/h4-8,12H,9-11H2,1-3H3. The lowest BCUT2D eigenvalue weighted by Crippen LogP contribution is -2.34. The van der Waals surface area contributed by atoms with Crippen molar-refractivity contribution in [3.8, 4) is 0 Å². The highest BCUT2D eigenvalue weighted by Crippen LogP contribution is 2.32. The summed E-state index contributed by atoms with van der Waals surface area (Å²) in [4.78, 5) is 21.4. The number of pyridine rings is 1. The number of ether oxygens (including phenoxy) is 1. The Morgan fingerprint density at radius 1 is 1.20 bits per heavy atom. The molecule has 0 aliphatic carbocycles. The molecule has 0 atom stereocenters. The third-order valence-corrected chi connectivity index (χ3v) is 4.81. The van der Waals surface area contributed by atoms with Crippen LogP contribution in [-0.2, 0) is 24.3 Å². The van der Waals surface area contributed by atoms with Crippen molar-refractivity contribution < 1.29 is 4.74 Å². The van der Waals surface area contributed by atoms with Gasteiger partial charge in [-0.2, -0.15) is 4.98 Å². The van der Waals surface area contributed by atoms with Crippen molar-refractivity contribution in [2.45, 2.75) is 45.9 Å². The first-order chi connectivity index (χ1) is 11.9. The summed E-state index contributed by atoms with van der Waals surface area (Å²) >= 11 is 0. The fourth-order valence-corrected chi connectivity index (χ4v) is 3.49. The molecule has 0 amide bonds. The largest absolute Gasteiger partial charge is 0.370 e. The van der Waals surface area contributed by atoms with Crippen LogP contribution in [-0.4, -0.2) is 20.1 Å². The van der Waals surface area contributed by atoms with E-state index in [9.17, 15) is 4.79 Å². The molecule has 0 saturated heterocycles. The predicted molar refractivity (Wildman–Crippen MR) is 96.7 cm³/mol. The van der Waals surface area contributed by atoms with Gasteiger partial charge in [-0.25, -0.2) is 4.98 Å². The lowest BCUT2D eigenvalue weighted by molar-refractivity contribution is -0.0400. The fraction of sp³-hybridized carbons (Fsp3) is 0.350. The van der Waals surface area contributed by atoms with Gasteiger partial charge in [-0.05, 0) is 31.9 Å². The number of nitrogens with zero attached hydrogens (tertiary/aromatic N) is 3. The molecule has 0 spiro atoms. The van der Waals surface area contributed by atoms with Crippen LogP contribution in [0.1, 0.15) is 36.2 Å². The van der Waals surface area contributed by atoms with Crippen LogP contribution in [0.2, 0.25) is 0 Å². The minimum absolute atomic E-state index is 0.208. The molecule has 4 rings (SSSR count). The van der Waals surface area contributed by atoms with E-state index in [2.05, 4.69) is 31.0 Å². The minimum atomic E-state index is -0.291. The maximum Gasteiger partial charge on any atom is 0.282 e. The smallest absolute Gasteiger partial charge is 0.282 e. The van der Waals surface area contributed by atoms with Gasteiger partial charge in [0.05, 0.1) is 24.1 Å². The van der Waals surface area contributed by atoms with Gasteiger partial charge in [-0.1, -0.05) is 30.3 Å². The number of aromatic nitrogens is 3. The topological polar surface area (TPSA) is 57.0 Å². The number of hydrogen-bond donors (Lipinski definition) is 0. The molecule has 0 saturated carbocycles. The molecule has 0 N–H and O–H groups in total. The Morgan fingerprint density at radius 2 is 1.96 bits per heavy atom. The number of fused-ring (bicyclic) bond motifs is 3. The Morgan fingerprint density at radius 3 is 2.72 bits per heavy atom. The molecule has 3 aromatic rings. The average Bonchev–Trinajstić information content (AvgIpc) is 2.57. The van der Waals surface area contributed by atoms with E-state index in [1.165, 1.54) is 0 Å². The van der Waals surface area contributed by atoms with E-state index in [1.807, 2.05) is 29.7 Å². The second-order valence-corrected chi connectivity index (χ2v) is 7.24. The van der Waals surface area contributed by atoms with E-state index >= 15 is 0 Å². The van der Waals surface area contributed by atoms with Crippen molar-refractivity contribution in [2.75, 3.05) is 0 Å². The van der Waals surface area contributed by atoms with Gasteiger partial charge in [0.2, 0.25) is 0 Å². The second kappa shape index (κ2) is 5.77. The maximum atomic E-state index is 12.6. The Hall–Kier alpha value is -2.53. The molecule has 0 radical (unpaired) electrons. The molecule has 128 valence electrons. The van der Waals surface area contributed by atoms with Crippen molar-refractivity contribution in [2.24, 2.45) is 0 Å². The van der Waals surface area contributed by atoms with E-state index in [0.29, 0.717) is 30.6 Å². The first-order valence-electron chi connectivity index (χ1n) is 8.50. The highest BCUT2D eigenvalue weighted by Gasteiger charge is 2.30. The summed E-state index contributed by atoms with van der Waals surface area (Å²) in [7, 11) is 0. The van der Waals surface area contributed by atoms with Gasteiger partial charge < -0.3 is 9.30 Å². The predicted octanol–water partition coefficient (Wildman–Crippen LogP) is 3.00. The first-order valence-corrected chi connectivity index (χ1v) is 8.50.